The lowest BCUT2D eigenvalue weighted by Crippen LogP contribution is -2.21. The van der Waals surface area contributed by atoms with Crippen LogP contribution in [0.25, 0.3) is 0 Å². The minimum atomic E-state index is 0.804. The van der Waals surface area contributed by atoms with Crippen molar-refractivity contribution in [2.75, 3.05) is 0 Å². The molecule has 0 aromatic carbocycles. The highest BCUT2D eigenvalue weighted by atomic mass is 28.1. The fourth-order valence-corrected chi connectivity index (χ4v) is 2.84. The molecule has 3 atom stereocenters. The van der Waals surface area contributed by atoms with E-state index in [2.05, 4.69) is 24.1 Å². The van der Waals surface area contributed by atoms with E-state index < -0.39 is 0 Å². The second-order valence-electron chi connectivity index (χ2n) is 3.94. The van der Waals surface area contributed by atoms with E-state index in [1.54, 1.807) is 0 Å². The first-order valence-corrected chi connectivity index (χ1v) is 5.54. The van der Waals surface area contributed by atoms with Gasteiger partial charge in [0.2, 0.25) is 0 Å². The van der Waals surface area contributed by atoms with Crippen LogP contribution in [0, 0.1) is 11.8 Å². The molecule has 11 heavy (non-hydrogen) atoms. The van der Waals surface area contributed by atoms with E-state index >= 15 is 0 Å². The van der Waals surface area contributed by atoms with Crippen LogP contribution in [0.5, 0.6) is 0 Å². The predicted molar refractivity (Wildman–Crippen MR) is 50.9 cm³/mol. The average Bonchev–Trinajstić information content (AvgIpc) is 2.04. The van der Waals surface area contributed by atoms with Crippen LogP contribution in [0.4, 0.5) is 0 Å². The Bertz CT molecular complexity index is 107. The molecule has 0 bridgehead atoms. The smallest absolute Gasteiger partial charge is 0.0270 e. The van der Waals surface area contributed by atoms with Crippen molar-refractivity contribution in [2.45, 2.75) is 51.5 Å². The van der Waals surface area contributed by atoms with Gasteiger partial charge in [-0.3, -0.25) is 0 Å². The molecule has 3 unspecified atom stereocenters. The molecule has 1 saturated carbocycles. The number of hydrogen-bond donors (Lipinski definition) is 0. The van der Waals surface area contributed by atoms with Crippen LogP contribution in [0.1, 0.15) is 46.0 Å². The maximum atomic E-state index is 3.85. The summed E-state index contributed by atoms with van der Waals surface area (Å²) in [5.41, 5.74) is 0.804. The average molecular weight is 167 g/mol. The lowest BCUT2D eigenvalue weighted by Gasteiger charge is -2.33. The molecule has 0 aliphatic heterocycles. The Kier molecular flexibility index (Phi) is 3.63. The summed E-state index contributed by atoms with van der Waals surface area (Å²) in [5.74, 6) is 1.86. The summed E-state index contributed by atoms with van der Waals surface area (Å²) in [6.45, 7) is 4.70. The predicted octanol–water partition coefficient (Wildman–Crippen LogP) is 3.18. The molecule has 0 spiro atoms. The van der Waals surface area contributed by atoms with Gasteiger partial charge in [-0.25, -0.2) is 0 Å². The molecule has 1 fully saturated rings. The molecule has 0 nitrogen and oxygen atoms in total. The third-order valence-electron chi connectivity index (χ3n) is 3.19. The minimum Gasteiger partial charge on any atom is -0.0651 e. The van der Waals surface area contributed by atoms with Gasteiger partial charge in [0.1, 0.15) is 0 Å². The maximum Gasteiger partial charge on any atom is 0.0270 e. The second kappa shape index (κ2) is 4.29. The van der Waals surface area contributed by atoms with Crippen LogP contribution < -0.4 is 0 Å². The quantitative estimate of drug-likeness (QED) is 0.554. The maximum absolute atomic E-state index is 3.85. The summed E-state index contributed by atoms with van der Waals surface area (Å²) >= 11 is 0. The Balaban J connectivity index is 2.40. The van der Waals surface area contributed by atoms with E-state index in [0.717, 1.165) is 17.4 Å². The highest BCUT2D eigenvalue weighted by Crippen LogP contribution is 2.38. The van der Waals surface area contributed by atoms with E-state index in [4.69, 9.17) is 0 Å². The van der Waals surface area contributed by atoms with E-state index in [-0.39, 0.29) is 0 Å². The summed E-state index contributed by atoms with van der Waals surface area (Å²) in [6.07, 6.45) is 7.07. The third-order valence-corrected chi connectivity index (χ3v) is 3.91. The van der Waals surface area contributed by atoms with Gasteiger partial charge in [0.15, 0.2) is 0 Å². The monoisotopic (exact) mass is 167 g/mol. The van der Waals surface area contributed by atoms with Gasteiger partial charge in [0, 0.05) is 10.2 Å². The lowest BCUT2D eigenvalue weighted by atomic mass is 9.79. The van der Waals surface area contributed by atoms with Crippen LogP contribution in [-0.2, 0) is 0 Å². The van der Waals surface area contributed by atoms with Crippen molar-refractivity contribution in [3.05, 3.63) is 0 Å². The van der Waals surface area contributed by atoms with Gasteiger partial charge < -0.3 is 0 Å². The third kappa shape index (κ3) is 2.33. The summed E-state index contributed by atoms with van der Waals surface area (Å²) in [5, 5.41) is 0. The molecule has 0 saturated heterocycles. The van der Waals surface area contributed by atoms with Crippen molar-refractivity contribution in [1.82, 2.24) is 0 Å². The van der Waals surface area contributed by atoms with Crippen LogP contribution in [0.2, 0.25) is 5.54 Å². The second-order valence-corrected chi connectivity index (χ2v) is 4.68. The van der Waals surface area contributed by atoms with E-state index in [1.807, 2.05) is 0 Å². The van der Waals surface area contributed by atoms with E-state index in [9.17, 15) is 0 Å². The fraction of sp³-hybridized carbons (Fsp3) is 1.00. The van der Waals surface area contributed by atoms with Crippen LogP contribution >= 0.6 is 0 Å². The van der Waals surface area contributed by atoms with Crippen molar-refractivity contribution in [3.63, 3.8) is 0 Å². The zero-order valence-corrected chi connectivity index (χ0v) is 8.77. The van der Waals surface area contributed by atoms with Gasteiger partial charge in [0.25, 0.3) is 0 Å². The van der Waals surface area contributed by atoms with Gasteiger partial charge in [-0.1, -0.05) is 46.0 Å². The van der Waals surface area contributed by atoms with Crippen molar-refractivity contribution in [3.8, 4) is 0 Å². The van der Waals surface area contributed by atoms with Gasteiger partial charge in [-0.05, 0) is 17.4 Å². The van der Waals surface area contributed by atoms with Crippen molar-refractivity contribution >= 4 is 10.2 Å². The molecule has 0 aromatic heterocycles. The highest BCUT2D eigenvalue weighted by molar-refractivity contribution is 6.11. The van der Waals surface area contributed by atoms with Gasteiger partial charge in [-0.2, -0.15) is 0 Å². The molecular weight excluding hydrogens is 148 g/mol. The Morgan fingerprint density at radius 2 is 2.00 bits per heavy atom. The van der Waals surface area contributed by atoms with Crippen molar-refractivity contribution in [1.29, 1.82) is 0 Å². The first-order valence-electron chi connectivity index (χ1n) is 4.96. The molecule has 1 rings (SSSR count). The standard InChI is InChI=1S/C10H19Si/c1-3-8(2)9-6-4-5-7-10(9)11/h8-10H,3-7H2,1-2H3. The molecule has 1 heteroatoms. The SMILES string of the molecule is CCC(C)C1CCCCC1[Si]. The summed E-state index contributed by atoms with van der Waals surface area (Å²) in [6, 6.07) is 0. The van der Waals surface area contributed by atoms with E-state index in [1.165, 1.54) is 32.1 Å². The zero-order valence-electron chi connectivity index (χ0n) is 7.77. The Morgan fingerprint density at radius 3 is 2.55 bits per heavy atom. The topological polar surface area (TPSA) is 0 Å². The molecule has 0 heterocycles. The molecule has 0 aromatic rings. The van der Waals surface area contributed by atoms with E-state index in [0.29, 0.717) is 0 Å². The highest BCUT2D eigenvalue weighted by Gasteiger charge is 2.24. The Hall–Kier alpha value is 0.217. The van der Waals surface area contributed by atoms with Crippen molar-refractivity contribution in [2.24, 2.45) is 11.8 Å². The van der Waals surface area contributed by atoms with Crippen LogP contribution in [-0.4, -0.2) is 10.2 Å². The van der Waals surface area contributed by atoms with Gasteiger partial charge >= 0.3 is 0 Å². The fourth-order valence-electron chi connectivity index (χ4n) is 2.14. The number of rotatable bonds is 2. The summed E-state index contributed by atoms with van der Waals surface area (Å²) < 4.78 is 0. The molecule has 0 N–H and O–H groups in total. The Labute approximate surface area is 74.2 Å². The summed E-state index contributed by atoms with van der Waals surface area (Å²) in [7, 11) is 3.85. The normalized spacial score (nSPS) is 35.2. The molecule has 0 amide bonds. The molecular formula is C10H19Si. The number of hydrogen-bond acceptors (Lipinski definition) is 0. The molecule has 1 aliphatic carbocycles. The largest absolute Gasteiger partial charge is 0.0651 e. The minimum absolute atomic E-state index is 0.804. The zero-order chi connectivity index (χ0) is 8.27. The lowest BCUT2D eigenvalue weighted by molar-refractivity contribution is 0.259. The van der Waals surface area contributed by atoms with Crippen LogP contribution in [0.15, 0.2) is 0 Å². The molecule has 1 aliphatic rings. The summed E-state index contributed by atoms with van der Waals surface area (Å²) in [4.78, 5) is 0. The van der Waals surface area contributed by atoms with Crippen LogP contribution in [0.3, 0.4) is 0 Å². The van der Waals surface area contributed by atoms with Gasteiger partial charge in [0.05, 0.1) is 0 Å². The Morgan fingerprint density at radius 1 is 1.36 bits per heavy atom. The van der Waals surface area contributed by atoms with Crippen molar-refractivity contribution < 1.29 is 0 Å². The first kappa shape index (κ1) is 9.31. The molecule has 3 radical (unpaired) electrons. The first-order chi connectivity index (χ1) is 5.25. The van der Waals surface area contributed by atoms with Gasteiger partial charge in [-0.15, -0.1) is 0 Å². The molecule has 63 valence electrons.